The van der Waals surface area contributed by atoms with Gasteiger partial charge >= 0.3 is 0 Å². The van der Waals surface area contributed by atoms with Crippen LogP contribution in [-0.4, -0.2) is 41.5 Å². The molecule has 0 saturated heterocycles. The van der Waals surface area contributed by atoms with Crippen molar-refractivity contribution in [1.82, 2.24) is 14.9 Å². The van der Waals surface area contributed by atoms with Gasteiger partial charge in [0.25, 0.3) is 0 Å². The molecule has 0 fully saturated rings. The lowest BCUT2D eigenvalue weighted by Gasteiger charge is -2.10. The molecule has 0 atom stereocenters. The van der Waals surface area contributed by atoms with Gasteiger partial charge in [0.15, 0.2) is 5.16 Å². The Morgan fingerprint density at radius 2 is 2.18 bits per heavy atom. The molecule has 1 amide bonds. The van der Waals surface area contributed by atoms with Gasteiger partial charge in [-0.05, 0) is 37.1 Å². The molecule has 1 aromatic carbocycles. The van der Waals surface area contributed by atoms with Gasteiger partial charge in [-0.15, -0.1) is 0 Å². The third kappa shape index (κ3) is 4.35. The molecule has 5 nitrogen and oxygen atoms in total. The highest BCUT2D eigenvalue weighted by molar-refractivity contribution is 7.99. The van der Waals surface area contributed by atoms with Gasteiger partial charge in [0, 0.05) is 31.7 Å². The van der Waals surface area contributed by atoms with Gasteiger partial charge in [-0.25, -0.2) is 4.98 Å². The van der Waals surface area contributed by atoms with Gasteiger partial charge in [-0.3, -0.25) is 9.36 Å². The van der Waals surface area contributed by atoms with E-state index < -0.39 is 0 Å². The molecule has 1 heterocycles. The van der Waals surface area contributed by atoms with Crippen molar-refractivity contribution < 1.29 is 9.53 Å². The van der Waals surface area contributed by atoms with Crippen LogP contribution in [-0.2, 0) is 9.53 Å². The van der Waals surface area contributed by atoms with E-state index in [-0.39, 0.29) is 5.91 Å². The minimum absolute atomic E-state index is 0.0170. The topological polar surface area (TPSA) is 56.1 Å². The van der Waals surface area contributed by atoms with E-state index in [4.69, 9.17) is 4.74 Å². The van der Waals surface area contributed by atoms with Crippen LogP contribution in [0.25, 0.3) is 5.69 Å². The molecule has 0 aliphatic heterocycles. The third-order valence-electron chi connectivity index (χ3n) is 3.34. The van der Waals surface area contributed by atoms with Crippen molar-refractivity contribution in [2.45, 2.75) is 19.0 Å². The Morgan fingerprint density at radius 3 is 2.91 bits per heavy atom. The summed E-state index contributed by atoms with van der Waals surface area (Å²) in [5.74, 6) is 0.322. The van der Waals surface area contributed by atoms with Crippen LogP contribution in [0.3, 0.4) is 0 Å². The summed E-state index contributed by atoms with van der Waals surface area (Å²) in [4.78, 5) is 16.1. The van der Waals surface area contributed by atoms with Crippen LogP contribution in [0, 0.1) is 13.8 Å². The molecule has 2 aromatic rings. The molecular formula is C16H21N3O2S. The lowest BCUT2D eigenvalue weighted by molar-refractivity contribution is -0.118. The molecule has 118 valence electrons. The van der Waals surface area contributed by atoms with Gasteiger partial charge in [0.2, 0.25) is 5.91 Å². The fourth-order valence-corrected chi connectivity index (χ4v) is 2.75. The van der Waals surface area contributed by atoms with E-state index in [1.54, 1.807) is 13.3 Å². The quantitative estimate of drug-likeness (QED) is 0.629. The van der Waals surface area contributed by atoms with Crippen LogP contribution in [0.15, 0.2) is 35.7 Å². The number of aromatic nitrogens is 2. The highest BCUT2D eigenvalue weighted by Gasteiger charge is 2.09. The van der Waals surface area contributed by atoms with E-state index in [1.807, 2.05) is 10.8 Å². The first kappa shape index (κ1) is 16.6. The van der Waals surface area contributed by atoms with Gasteiger partial charge in [-0.2, -0.15) is 0 Å². The van der Waals surface area contributed by atoms with Gasteiger partial charge in [0.1, 0.15) is 0 Å². The lowest BCUT2D eigenvalue weighted by atomic mass is 10.1. The first-order chi connectivity index (χ1) is 10.6. The highest BCUT2D eigenvalue weighted by atomic mass is 32.2. The largest absolute Gasteiger partial charge is 0.383 e. The number of thioether (sulfide) groups is 1. The molecule has 0 aliphatic rings. The van der Waals surface area contributed by atoms with Gasteiger partial charge in [0.05, 0.1) is 12.4 Å². The summed E-state index contributed by atoms with van der Waals surface area (Å²) in [7, 11) is 1.61. The zero-order chi connectivity index (χ0) is 15.9. The minimum Gasteiger partial charge on any atom is -0.383 e. The number of carbonyl (C=O) groups is 1. The van der Waals surface area contributed by atoms with E-state index in [2.05, 4.69) is 42.3 Å². The number of hydrogen-bond donors (Lipinski definition) is 1. The number of aryl methyl sites for hydroxylation is 2. The molecular weight excluding hydrogens is 298 g/mol. The number of ether oxygens (including phenoxy) is 1. The second kappa shape index (κ2) is 8.00. The van der Waals surface area contributed by atoms with Crippen molar-refractivity contribution in [3.8, 4) is 5.69 Å². The summed E-state index contributed by atoms with van der Waals surface area (Å²) in [6, 6.07) is 6.28. The van der Waals surface area contributed by atoms with E-state index in [9.17, 15) is 4.79 Å². The first-order valence-corrected chi connectivity index (χ1v) is 8.10. The summed E-state index contributed by atoms with van der Waals surface area (Å²) in [5.41, 5.74) is 3.55. The van der Waals surface area contributed by atoms with Crippen molar-refractivity contribution >= 4 is 17.7 Å². The van der Waals surface area contributed by atoms with Gasteiger partial charge in [-0.1, -0.05) is 17.8 Å². The average molecular weight is 319 g/mol. The second-order valence-electron chi connectivity index (χ2n) is 4.98. The third-order valence-corrected chi connectivity index (χ3v) is 4.30. The predicted octanol–water partition coefficient (Wildman–Crippen LogP) is 2.34. The SMILES string of the molecule is COCCNC(=O)CSc1nccn1-c1ccc(C)c(C)c1. The average Bonchev–Trinajstić information content (AvgIpc) is 2.97. The first-order valence-electron chi connectivity index (χ1n) is 7.11. The Hall–Kier alpha value is -1.79. The van der Waals surface area contributed by atoms with Crippen LogP contribution in [0.2, 0.25) is 0 Å². The number of nitrogens with one attached hydrogen (secondary N) is 1. The van der Waals surface area contributed by atoms with Crippen molar-refractivity contribution in [3.63, 3.8) is 0 Å². The summed E-state index contributed by atoms with van der Waals surface area (Å²) in [5, 5.41) is 3.61. The standard InChI is InChI=1S/C16H21N3O2S/c1-12-4-5-14(10-13(12)2)19-8-6-18-16(19)22-11-15(20)17-7-9-21-3/h4-6,8,10H,7,9,11H2,1-3H3,(H,17,20). The Balaban J connectivity index is 2.00. The molecule has 0 saturated carbocycles. The summed E-state index contributed by atoms with van der Waals surface area (Å²) in [6.45, 7) is 5.23. The van der Waals surface area contributed by atoms with E-state index in [0.717, 1.165) is 10.8 Å². The Labute approximate surface area is 135 Å². The molecule has 2 rings (SSSR count). The van der Waals surface area contributed by atoms with Crippen LogP contribution >= 0.6 is 11.8 Å². The maximum Gasteiger partial charge on any atom is 0.230 e. The molecule has 0 bridgehead atoms. The molecule has 1 aromatic heterocycles. The van der Waals surface area contributed by atoms with Crippen molar-refractivity contribution in [1.29, 1.82) is 0 Å². The fourth-order valence-electron chi connectivity index (χ4n) is 1.94. The molecule has 0 spiro atoms. The minimum atomic E-state index is -0.0170. The highest BCUT2D eigenvalue weighted by Crippen LogP contribution is 2.21. The van der Waals surface area contributed by atoms with Gasteiger partial charge < -0.3 is 10.1 Å². The van der Waals surface area contributed by atoms with E-state index in [0.29, 0.717) is 18.9 Å². The number of benzene rings is 1. The summed E-state index contributed by atoms with van der Waals surface area (Å²) >= 11 is 1.42. The predicted molar refractivity (Wildman–Crippen MR) is 88.6 cm³/mol. The zero-order valence-corrected chi connectivity index (χ0v) is 13.9. The molecule has 0 aliphatic carbocycles. The molecule has 1 N–H and O–H groups in total. The number of hydrogen-bond acceptors (Lipinski definition) is 4. The fraction of sp³-hybridized carbons (Fsp3) is 0.375. The molecule has 6 heteroatoms. The number of amides is 1. The molecule has 0 radical (unpaired) electrons. The normalized spacial score (nSPS) is 10.7. The maximum atomic E-state index is 11.7. The van der Waals surface area contributed by atoms with E-state index >= 15 is 0 Å². The Kier molecular flexibility index (Phi) is 6.03. The number of nitrogens with zero attached hydrogens (tertiary/aromatic N) is 2. The summed E-state index contributed by atoms with van der Waals surface area (Å²) < 4.78 is 6.90. The second-order valence-corrected chi connectivity index (χ2v) is 5.92. The lowest BCUT2D eigenvalue weighted by Crippen LogP contribution is -2.28. The van der Waals surface area contributed by atoms with E-state index in [1.165, 1.54) is 22.9 Å². The molecule has 0 unspecified atom stereocenters. The van der Waals surface area contributed by atoms with Crippen molar-refractivity contribution in [2.24, 2.45) is 0 Å². The zero-order valence-electron chi connectivity index (χ0n) is 13.1. The Bertz CT molecular complexity index is 640. The van der Waals surface area contributed by atoms with Crippen molar-refractivity contribution in [2.75, 3.05) is 26.0 Å². The van der Waals surface area contributed by atoms with Crippen LogP contribution in [0.1, 0.15) is 11.1 Å². The number of imidazole rings is 1. The maximum absolute atomic E-state index is 11.7. The summed E-state index contributed by atoms with van der Waals surface area (Å²) in [6.07, 6.45) is 3.66. The number of methoxy groups -OCH3 is 1. The van der Waals surface area contributed by atoms with Crippen LogP contribution in [0.5, 0.6) is 0 Å². The number of rotatable bonds is 7. The van der Waals surface area contributed by atoms with Crippen LogP contribution < -0.4 is 5.32 Å². The molecule has 22 heavy (non-hydrogen) atoms. The van der Waals surface area contributed by atoms with Crippen molar-refractivity contribution in [3.05, 3.63) is 41.7 Å². The van der Waals surface area contributed by atoms with Crippen LogP contribution in [0.4, 0.5) is 0 Å². The monoisotopic (exact) mass is 319 g/mol. The smallest absolute Gasteiger partial charge is 0.230 e. The number of carbonyl (C=O) groups excluding carboxylic acids is 1. The Morgan fingerprint density at radius 1 is 1.36 bits per heavy atom.